The van der Waals surface area contributed by atoms with Crippen LogP contribution in [0.25, 0.3) is 0 Å². The number of hydrogen-bond acceptors (Lipinski definition) is 3. The molecule has 0 aromatic heterocycles. The lowest BCUT2D eigenvalue weighted by molar-refractivity contribution is 0.0942. The molecule has 1 aromatic carbocycles. The summed E-state index contributed by atoms with van der Waals surface area (Å²) >= 11 is 5.96. The van der Waals surface area contributed by atoms with E-state index >= 15 is 0 Å². The lowest BCUT2D eigenvalue weighted by Crippen LogP contribution is -2.42. The number of thiol groups is 1. The molecule has 0 heterocycles. The molecule has 1 aliphatic carbocycles. The maximum atomic E-state index is 13.7. The van der Waals surface area contributed by atoms with E-state index in [9.17, 15) is 9.18 Å². The first-order valence-electron chi connectivity index (χ1n) is 6.88. The van der Waals surface area contributed by atoms with Gasteiger partial charge >= 0.3 is 0 Å². The zero-order chi connectivity index (χ0) is 14.6. The van der Waals surface area contributed by atoms with E-state index in [1.54, 1.807) is 6.07 Å². The van der Waals surface area contributed by atoms with Gasteiger partial charge < -0.3 is 5.32 Å². The number of thioether (sulfide) groups is 1. The number of rotatable bonds is 4. The molecule has 110 valence electrons. The molecule has 2 rings (SSSR count). The molecule has 1 aliphatic rings. The molecule has 1 aromatic rings. The van der Waals surface area contributed by atoms with Crippen LogP contribution in [0.5, 0.6) is 0 Å². The smallest absolute Gasteiger partial charge is 0.254 e. The molecule has 2 nitrogen and oxygen atoms in total. The van der Waals surface area contributed by atoms with Gasteiger partial charge in [0.1, 0.15) is 5.82 Å². The standard InChI is InChI=1S/C15H20FNOS2/c1-20-15(7-3-2-4-8-15)10-17-14(18)12-9-11(19)5-6-13(12)16/h5-6,9,19H,2-4,7-8,10H2,1H3,(H,17,18). The topological polar surface area (TPSA) is 29.1 Å². The molecule has 0 bridgehead atoms. The third-order valence-corrected chi connectivity index (χ3v) is 5.66. The Hall–Kier alpha value is -0.680. The van der Waals surface area contributed by atoms with Crippen LogP contribution in [0, 0.1) is 5.82 Å². The van der Waals surface area contributed by atoms with Crippen molar-refractivity contribution in [2.45, 2.75) is 41.7 Å². The predicted octanol–water partition coefficient (Wildman–Crippen LogP) is 3.91. The lowest BCUT2D eigenvalue weighted by Gasteiger charge is -2.35. The molecule has 0 saturated heterocycles. The Bertz CT molecular complexity index is 487. The van der Waals surface area contributed by atoms with Crippen molar-refractivity contribution in [1.82, 2.24) is 5.32 Å². The van der Waals surface area contributed by atoms with Crippen molar-refractivity contribution in [3.63, 3.8) is 0 Å². The number of hydrogen-bond donors (Lipinski definition) is 2. The van der Waals surface area contributed by atoms with E-state index in [1.807, 2.05) is 11.8 Å². The average Bonchev–Trinajstić information content (AvgIpc) is 2.48. The van der Waals surface area contributed by atoms with Crippen molar-refractivity contribution >= 4 is 30.3 Å². The molecule has 0 aliphatic heterocycles. The minimum Gasteiger partial charge on any atom is -0.351 e. The Morgan fingerprint density at radius 3 is 2.75 bits per heavy atom. The van der Waals surface area contributed by atoms with Crippen molar-refractivity contribution in [2.75, 3.05) is 12.8 Å². The van der Waals surface area contributed by atoms with Gasteiger partial charge in [0.05, 0.1) is 5.56 Å². The first kappa shape index (κ1) is 15.7. The summed E-state index contributed by atoms with van der Waals surface area (Å²) in [7, 11) is 0. The molecule has 1 amide bonds. The van der Waals surface area contributed by atoms with E-state index in [0.29, 0.717) is 11.4 Å². The highest BCUT2D eigenvalue weighted by Gasteiger charge is 2.31. The maximum Gasteiger partial charge on any atom is 0.254 e. The zero-order valence-electron chi connectivity index (χ0n) is 11.6. The summed E-state index contributed by atoms with van der Waals surface area (Å²) in [5.74, 6) is -0.848. The summed E-state index contributed by atoms with van der Waals surface area (Å²) in [5, 5.41) is 2.89. The van der Waals surface area contributed by atoms with E-state index in [-0.39, 0.29) is 16.2 Å². The van der Waals surface area contributed by atoms with Gasteiger partial charge in [0, 0.05) is 16.2 Å². The van der Waals surface area contributed by atoms with Crippen LogP contribution < -0.4 is 5.32 Å². The number of carbonyl (C=O) groups is 1. The van der Waals surface area contributed by atoms with Crippen LogP contribution in [0.1, 0.15) is 42.5 Å². The zero-order valence-corrected chi connectivity index (χ0v) is 13.3. The van der Waals surface area contributed by atoms with E-state index < -0.39 is 5.82 Å². The molecule has 1 saturated carbocycles. The summed E-state index contributed by atoms with van der Waals surface area (Å²) in [6.45, 7) is 0.600. The first-order valence-corrected chi connectivity index (χ1v) is 8.55. The Morgan fingerprint density at radius 1 is 1.40 bits per heavy atom. The third kappa shape index (κ3) is 3.70. The Morgan fingerprint density at radius 2 is 2.10 bits per heavy atom. The largest absolute Gasteiger partial charge is 0.351 e. The van der Waals surface area contributed by atoms with Crippen molar-refractivity contribution in [3.8, 4) is 0 Å². The van der Waals surface area contributed by atoms with Crippen LogP contribution in [0.3, 0.4) is 0 Å². The summed E-state index contributed by atoms with van der Waals surface area (Å²) in [6, 6.07) is 4.29. The highest BCUT2D eigenvalue weighted by Crippen LogP contribution is 2.38. The van der Waals surface area contributed by atoms with Gasteiger partial charge in [-0.3, -0.25) is 4.79 Å². The Kier molecular flexibility index (Phi) is 5.38. The van der Waals surface area contributed by atoms with Gasteiger partial charge in [-0.05, 0) is 37.3 Å². The Labute approximate surface area is 129 Å². The maximum absolute atomic E-state index is 13.7. The molecule has 0 atom stereocenters. The van der Waals surface area contributed by atoms with Crippen LogP contribution in [0.4, 0.5) is 4.39 Å². The van der Waals surface area contributed by atoms with Gasteiger partial charge in [-0.1, -0.05) is 19.3 Å². The SMILES string of the molecule is CSC1(CNC(=O)c2cc(S)ccc2F)CCCCC1. The lowest BCUT2D eigenvalue weighted by atomic mass is 9.88. The number of amides is 1. The number of carbonyl (C=O) groups excluding carboxylic acids is 1. The van der Waals surface area contributed by atoms with Crippen LogP contribution in [-0.2, 0) is 0 Å². The van der Waals surface area contributed by atoms with Crippen molar-refractivity contribution < 1.29 is 9.18 Å². The van der Waals surface area contributed by atoms with Crippen molar-refractivity contribution in [1.29, 1.82) is 0 Å². The average molecular weight is 313 g/mol. The first-order chi connectivity index (χ1) is 9.56. The van der Waals surface area contributed by atoms with E-state index in [1.165, 1.54) is 31.4 Å². The molecule has 0 unspecified atom stereocenters. The van der Waals surface area contributed by atoms with Gasteiger partial charge in [0.2, 0.25) is 0 Å². The summed E-state index contributed by atoms with van der Waals surface area (Å²) < 4.78 is 13.8. The van der Waals surface area contributed by atoms with Gasteiger partial charge in [-0.25, -0.2) is 4.39 Å². The fourth-order valence-electron chi connectivity index (χ4n) is 2.67. The molecule has 1 fully saturated rings. The highest BCUT2D eigenvalue weighted by atomic mass is 32.2. The summed E-state index contributed by atoms with van der Waals surface area (Å²) in [5.41, 5.74) is 0.0737. The van der Waals surface area contributed by atoms with Crippen LogP contribution in [0.2, 0.25) is 0 Å². The van der Waals surface area contributed by atoms with Crippen LogP contribution >= 0.6 is 24.4 Å². The van der Waals surface area contributed by atoms with Gasteiger partial charge in [0.15, 0.2) is 0 Å². The predicted molar refractivity (Wildman–Crippen MR) is 85.3 cm³/mol. The molecular weight excluding hydrogens is 293 g/mol. The summed E-state index contributed by atoms with van der Waals surface area (Å²) in [6.07, 6.45) is 8.00. The Balaban J connectivity index is 2.02. The molecule has 1 N–H and O–H groups in total. The minimum atomic E-state index is -0.498. The monoisotopic (exact) mass is 313 g/mol. The van der Waals surface area contributed by atoms with E-state index in [2.05, 4.69) is 24.2 Å². The molecule has 20 heavy (non-hydrogen) atoms. The number of halogens is 1. The van der Waals surface area contributed by atoms with Crippen LogP contribution in [0.15, 0.2) is 23.1 Å². The normalized spacial score (nSPS) is 17.8. The van der Waals surface area contributed by atoms with E-state index in [4.69, 9.17) is 0 Å². The third-order valence-electron chi connectivity index (χ3n) is 3.96. The quantitative estimate of drug-likeness (QED) is 0.825. The fourth-order valence-corrected chi connectivity index (χ4v) is 3.79. The fraction of sp³-hybridized carbons (Fsp3) is 0.533. The molecular formula is C15H20FNOS2. The second-order valence-electron chi connectivity index (χ2n) is 5.29. The van der Waals surface area contributed by atoms with E-state index in [0.717, 1.165) is 12.8 Å². The second-order valence-corrected chi connectivity index (χ2v) is 7.09. The number of nitrogens with one attached hydrogen (secondary N) is 1. The van der Waals surface area contributed by atoms with Gasteiger partial charge in [-0.15, -0.1) is 12.6 Å². The minimum absolute atomic E-state index is 0.0737. The molecule has 5 heteroatoms. The van der Waals surface area contributed by atoms with Crippen molar-refractivity contribution in [3.05, 3.63) is 29.6 Å². The van der Waals surface area contributed by atoms with Crippen LogP contribution in [-0.4, -0.2) is 23.5 Å². The molecule has 0 spiro atoms. The van der Waals surface area contributed by atoms with Crippen molar-refractivity contribution in [2.24, 2.45) is 0 Å². The molecule has 0 radical (unpaired) electrons. The van der Waals surface area contributed by atoms with Gasteiger partial charge in [0.25, 0.3) is 5.91 Å². The van der Waals surface area contributed by atoms with Gasteiger partial charge in [-0.2, -0.15) is 11.8 Å². The highest BCUT2D eigenvalue weighted by molar-refractivity contribution is 8.00. The second kappa shape index (κ2) is 6.85. The summed E-state index contributed by atoms with van der Waals surface area (Å²) in [4.78, 5) is 12.7. The number of benzene rings is 1.